The molecule has 1 aliphatic carbocycles. The minimum atomic E-state index is -0.0614. The highest BCUT2D eigenvalue weighted by atomic mass is 16.3. The second-order valence-corrected chi connectivity index (χ2v) is 16.4. The van der Waals surface area contributed by atoms with Crippen LogP contribution in [0, 0.1) is 0 Å². The van der Waals surface area contributed by atoms with E-state index in [9.17, 15) is 0 Å². The highest BCUT2D eigenvalue weighted by Gasteiger charge is 2.35. The average Bonchev–Trinajstić information content (AvgIpc) is 3.78. The topological polar surface area (TPSA) is 13.1 Å². The van der Waals surface area contributed by atoms with Crippen LogP contribution in [0.25, 0.3) is 77.2 Å². The van der Waals surface area contributed by atoms with Crippen LogP contribution in [0.4, 0.5) is 0 Å². The fourth-order valence-corrected chi connectivity index (χ4v) is 9.84. The maximum absolute atomic E-state index is 7.04. The second kappa shape index (κ2) is 13.6. The third-order valence-electron chi connectivity index (χ3n) is 12.7. The Bertz CT molecular complexity index is 3150. The number of para-hydroxylation sites is 1. The molecule has 58 heavy (non-hydrogen) atoms. The number of rotatable bonds is 7. The molecule has 1 aliphatic rings. The van der Waals surface area contributed by atoms with Gasteiger partial charge < -0.3 is 4.42 Å². The monoisotopic (exact) mass is 742 g/mol. The quantitative estimate of drug-likeness (QED) is 0.158. The Labute approximate surface area is 339 Å². The van der Waals surface area contributed by atoms with Crippen LogP contribution in [0.15, 0.2) is 205 Å². The van der Waals surface area contributed by atoms with E-state index >= 15 is 0 Å². The molecule has 1 heterocycles. The van der Waals surface area contributed by atoms with Gasteiger partial charge >= 0.3 is 0 Å². The van der Waals surface area contributed by atoms with Crippen LogP contribution >= 0.6 is 0 Å². The highest BCUT2D eigenvalue weighted by Crippen LogP contribution is 2.50. The van der Waals surface area contributed by atoms with Crippen LogP contribution in [0.2, 0.25) is 0 Å². The van der Waals surface area contributed by atoms with Crippen molar-refractivity contribution in [3.63, 3.8) is 0 Å². The minimum absolute atomic E-state index is 0.0614. The summed E-state index contributed by atoms with van der Waals surface area (Å²) >= 11 is 0. The molecule has 0 unspecified atom stereocenters. The minimum Gasteiger partial charge on any atom is -0.455 e. The zero-order valence-electron chi connectivity index (χ0n) is 32.7. The molecule has 1 aromatic heterocycles. The molecule has 9 aromatic carbocycles. The summed E-state index contributed by atoms with van der Waals surface area (Å²) < 4.78 is 7.04. The maximum atomic E-state index is 7.04. The Balaban J connectivity index is 1.08. The lowest BCUT2D eigenvalue weighted by molar-refractivity contribution is 0.658. The highest BCUT2D eigenvalue weighted by molar-refractivity contribution is 6.23. The SMILES string of the molecule is CC1(C)c2ccccc2-c2ccc(C[C@H](c3ccc(-c4ccccc4)cc3)c3ccccc3-c3cccc4c3oc3cc(-c5ccccc5)c5ccccc5c34)cc21. The van der Waals surface area contributed by atoms with E-state index in [1.54, 1.807) is 0 Å². The van der Waals surface area contributed by atoms with Gasteiger partial charge in [-0.25, -0.2) is 0 Å². The van der Waals surface area contributed by atoms with Crippen LogP contribution < -0.4 is 0 Å². The standard InChI is InChI=1S/C57H42O/c1-57(2)52-27-14-13-23-45(52)46-33-28-37(35-53(46)57)34-50(41-31-29-39(30-32-41)38-16-5-3-6-17-38)43-21-10-9-20-42(43)48-25-15-26-49-55-47-24-12-11-22-44(47)51(36-54(55)58-56(48)49)40-18-7-4-8-19-40/h3-33,35-36,50H,34H2,1-2H3/t50-/m1/s1. The van der Waals surface area contributed by atoms with Crippen LogP contribution in [0.5, 0.6) is 0 Å². The number of fused-ring (bicyclic) bond motifs is 8. The number of hydrogen-bond donors (Lipinski definition) is 0. The van der Waals surface area contributed by atoms with E-state index in [0.717, 1.165) is 28.5 Å². The molecule has 0 spiro atoms. The van der Waals surface area contributed by atoms with Gasteiger partial charge in [-0.3, -0.25) is 0 Å². The Hall–Kier alpha value is -6.96. The number of furan rings is 1. The van der Waals surface area contributed by atoms with Gasteiger partial charge in [0, 0.05) is 27.7 Å². The summed E-state index contributed by atoms with van der Waals surface area (Å²) in [5.41, 5.74) is 18.4. The van der Waals surface area contributed by atoms with E-state index in [1.807, 2.05) is 0 Å². The zero-order valence-corrected chi connectivity index (χ0v) is 32.7. The molecule has 1 nitrogen and oxygen atoms in total. The molecular weight excluding hydrogens is 701 g/mol. The first kappa shape index (κ1) is 34.3. The van der Waals surface area contributed by atoms with E-state index in [4.69, 9.17) is 4.42 Å². The first-order valence-electron chi connectivity index (χ1n) is 20.4. The summed E-state index contributed by atoms with van der Waals surface area (Å²) in [7, 11) is 0. The van der Waals surface area contributed by atoms with Crippen molar-refractivity contribution in [2.75, 3.05) is 0 Å². The fraction of sp³-hybridized carbons (Fsp3) is 0.0877. The molecule has 11 rings (SSSR count). The molecule has 0 bridgehead atoms. The van der Waals surface area contributed by atoms with E-state index in [2.05, 4.69) is 214 Å². The van der Waals surface area contributed by atoms with Gasteiger partial charge in [0.05, 0.1) is 0 Å². The Morgan fingerprint density at radius 1 is 0.431 bits per heavy atom. The second-order valence-electron chi connectivity index (χ2n) is 16.4. The molecule has 1 heteroatoms. The third kappa shape index (κ3) is 5.53. The predicted octanol–water partition coefficient (Wildman–Crippen LogP) is 15.4. The van der Waals surface area contributed by atoms with Gasteiger partial charge in [0.1, 0.15) is 11.2 Å². The van der Waals surface area contributed by atoms with Gasteiger partial charge in [-0.15, -0.1) is 0 Å². The summed E-state index contributed by atoms with van der Waals surface area (Å²) in [6.45, 7) is 4.74. The van der Waals surface area contributed by atoms with Crippen LogP contribution in [0.3, 0.4) is 0 Å². The van der Waals surface area contributed by atoms with Crippen LogP contribution in [-0.2, 0) is 11.8 Å². The van der Waals surface area contributed by atoms with E-state index in [-0.39, 0.29) is 11.3 Å². The van der Waals surface area contributed by atoms with Gasteiger partial charge in [0.15, 0.2) is 0 Å². The van der Waals surface area contributed by atoms with Gasteiger partial charge in [-0.2, -0.15) is 0 Å². The Morgan fingerprint density at radius 2 is 1.03 bits per heavy atom. The molecular formula is C57H42O. The van der Waals surface area contributed by atoms with Gasteiger partial charge in [-0.05, 0) is 90.0 Å². The fourth-order valence-electron chi connectivity index (χ4n) is 9.84. The molecule has 0 N–H and O–H groups in total. The van der Waals surface area contributed by atoms with E-state index < -0.39 is 0 Å². The molecule has 276 valence electrons. The van der Waals surface area contributed by atoms with Crippen molar-refractivity contribution in [2.45, 2.75) is 31.6 Å². The van der Waals surface area contributed by atoms with Crippen LogP contribution in [-0.4, -0.2) is 0 Å². The lowest BCUT2D eigenvalue weighted by Crippen LogP contribution is -2.15. The molecule has 0 saturated heterocycles. The summed E-state index contributed by atoms with van der Waals surface area (Å²) in [6, 6.07) is 73.4. The molecule has 0 fully saturated rings. The van der Waals surface area contributed by atoms with Crippen molar-refractivity contribution in [1.82, 2.24) is 0 Å². The summed E-state index contributed by atoms with van der Waals surface area (Å²) in [6.07, 6.45) is 0.864. The van der Waals surface area contributed by atoms with E-state index in [0.29, 0.717) is 0 Å². The lowest BCUT2D eigenvalue weighted by Gasteiger charge is -2.24. The van der Waals surface area contributed by atoms with Gasteiger partial charge in [-0.1, -0.05) is 208 Å². The Morgan fingerprint density at radius 3 is 1.83 bits per heavy atom. The molecule has 0 amide bonds. The van der Waals surface area contributed by atoms with Crippen molar-refractivity contribution in [3.8, 4) is 44.5 Å². The molecule has 0 radical (unpaired) electrons. The first-order chi connectivity index (χ1) is 28.5. The lowest BCUT2D eigenvalue weighted by atomic mass is 9.79. The third-order valence-corrected chi connectivity index (χ3v) is 12.7. The smallest absolute Gasteiger partial charge is 0.143 e. The van der Waals surface area contributed by atoms with Gasteiger partial charge in [0.25, 0.3) is 0 Å². The zero-order chi connectivity index (χ0) is 38.8. The molecule has 1 atom stereocenters. The van der Waals surface area contributed by atoms with E-state index in [1.165, 1.54) is 82.9 Å². The Kier molecular flexibility index (Phi) is 8.05. The average molecular weight is 743 g/mol. The van der Waals surface area contributed by atoms with Crippen molar-refractivity contribution in [1.29, 1.82) is 0 Å². The normalized spacial score (nSPS) is 13.5. The summed E-state index contributed by atoms with van der Waals surface area (Å²) in [5, 5.41) is 4.75. The number of benzene rings is 9. The van der Waals surface area contributed by atoms with Gasteiger partial charge in [0.2, 0.25) is 0 Å². The first-order valence-corrected chi connectivity index (χ1v) is 20.4. The number of hydrogen-bond acceptors (Lipinski definition) is 1. The molecule has 0 saturated carbocycles. The molecule has 0 aliphatic heterocycles. The van der Waals surface area contributed by atoms with Crippen molar-refractivity contribution in [3.05, 3.63) is 228 Å². The summed E-state index contributed by atoms with van der Waals surface area (Å²) in [5.74, 6) is 0.0936. The molecule has 10 aromatic rings. The largest absolute Gasteiger partial charge is 0.455 e. The van der Waals surface area contributed by atoms with Crippen molar-refractivity contribution in [2.24, 2.45) is 0 Å². The summed E-state index contributed by atoms with van der Waals surface area (Å²) in [4.78, 5) is 0. The maximum Gasteiger partial charge on any atom is 0.143 e. The van der Waals surface area contributed by atoms with Crippen molar-refractivity contribution >= 4 is 32.7 Å². The van der Waals surface area contributed by atoms with Crippen molar-refractivity contribution < 1.29 is 4.42 Å². The van der Waals surface area contributed by atoms with Crippen LogP contribution in [0.1, 0.15) is 47.6 Å². The predicted molar refractivity (Wildman–Crippen MR) is 244 cm³/mol.